The van der Waals surface area contributed by atoms with E-state index in [0.29, 0.717) is 11.8 Å². The Labute approximate surface area is 138 Å². The van der Waals surface area contributed by atoms with E-state index < -0.39 is 0 Å². The van der Waals surface area contributed by atoms with Crippen LogP contribution in [0, 0.1) is 29.6 Å². The van der Waals surface area contributed by atoms with Gasteiger partial charge in [-0.05, 0) is 75.0 Å². The number of hydrogen-bond donors (Lipinski definition) is 1. The maximum absolute atomic E-state index is 10.4. The highest BCUT2D eigenvalue weighted by Gasteiger charge is 2.33. The first-order valence-electron chi connectivity index (χ1n) is 9.74. The molecule has 3 aliphatic rings. The van der Waals surface area contributed by atoms with Crippen molar-refractivity contribution < 1.29 is 5.11 Å². The van der Waals surface area contributed by atoms with Crippen LogP contribution in [0.2, 0.25) is 6.32 Å². The summed E-state index contributed by atoms with van der Waals surface area (Å²) in [5, 5.41) is 10.4. The Kier molecular flexibility index (Phi) is 5.71. The zero-order valence-corrected chi connectivity index (χ0v) is 14.3. The van der Waals surface area contributed by atoms with Crippen molar-refractivity contribution >= 4 is 7.85 Å². The van der Waals surface area contributed by atoms with E-state index in [0.717, 1.165) is 30.5 Å². The third-order valence-corrected chi connectivity index (χ3v) is 6.93. The van der Waals surface area contributed by atoms with Crippen molar-refractivity contribution in [1.29, 1.82) is 0 Å². The van der Waals surface area contributed by atoms with Gasteiger partial charge in [-0.15, -0.1) is 0 Å². The SMILES string of the molecule is [B]CC1CCC(C2CC=C(C3CCC(C)CC3O)CC2)CC1. The molecule has 0 amide bonds. The zero-order chi connectivity index (χ0) is 15.5. The van der Waals surface area contributed by atoms with E-state index in [2.05, 4.69) is 13.0 Å². The topological polar surface area (TPSA) is 20.2 Å². The van der Waals surface area contributed by atoms with Gasteiger partial charge < -0.3 is 5.11 Å². The molecule has 2 heteroatoms. The lowest BCUT2D eigenvalue weighted by Crippen LogP contribution is -2.31. The average molecular weight is 300 g/mol. The molecule has 0 heterocycles. The van der Waals surface area contributed by atoms with Crippen molar-refractivity contribution in [2.75, 3.05) is 0 Å². The Morgan fingerprint density at radius 2 is 1.82 bits per heavy atom. The smallest absolute Gasteiger partial charge is 0.0656 e. The molecule has 2 fully saturated rings. The second-order valence-electron chi connectivity index (χ2n) is 8.42. The number of aliphatic hydroxyl groups excluding tert-OH is 1. The predicted octanol–water partition coefficient (Wildman–Crippen LogP) is 4.90. The summed E-state index contributed by atoms with van der Waals surface area (Å²) < 4.78 is 0. The van der Waals surface area contributed by atoms with Gasteiger partial charge in [0.05, 0.1) is 14.0 Å². The Bertz CT molecular complexity index is 383. The van der Waals surface area contributed by atoms with Crippen LogP contribution in [0.5, 0.6) is 0 Å². The molecule has 2 radical (unpaired) electrons. The Morgan fingerprint density at radius 1 is 1.05 bits per heavy atom. The number of allylic oxidation sites excluding steroid dienone is 1. The van der Waals surface area contributed by atoms with Crippen molar-refractivity contribution in [1.82, 2.24) is 0 Å². The lowest BCUT2D eigenvalue weighted by molar-refractivity contribution is 0.0617. The van der Waals surface area contributed by atoms with Crippen molar-refractivity contribution in [3.05, 3.63) is 11.6 Å². The third-order valence-electron chi connectivity index (χ3n) is 6.93. The molecule has 0 bridgehead atoms. The number of hydrogen-bond acceptors (Lipinski definition) is 1. The molecule has 0 aromatic rings. The van der Waals surface area contributed by atoms with E-state index in [4.69, 9.17) is 7.85 Å². The Morgan fingerprint density at radius 3 is 2.41 bits per heavy atom. The summed E-state index contributed by atoms with van der Waals surface area (Å²) in [5.41, 5.74) is 1.59. The van der Waals surface area contributed by atoms with Crippen LogP contribution in [-0.4, -0.2) is 19.1 Å². The van der Waals surface area contributed by atoms with Crippen molar-refractivity contribution in [2.24, 2.45) is 29.6 Å². The predicted molar refractivity (Wildman–Crippen MR) is 93.9 cm³/mol. The van der Waals surface area contributed by atoms with E-state index >= 15 is 0 Å². The summed E-state index contributed by atoms with van der Waals surface area (Å²) >= 11 is 0. The van der Waals surface area contributed by atoms with Gasteiger partial charge in [0.1, 0.15) is 0 Å². The number of aliphatic hydroxyl groups is 1. The van der Waals surface area contributed by atoms with Gasteiger partial charge in [0, 0.05) is 5.92 Å². The molecule has 1 N–H and O–H groups in total. The van der Waals surface area contributed by atoms with Gasteiger partial charge in [0.15, 0.2) is 0 Å². The Balaban J connectivity index is 1.52. The molecule has 4 atom stereocenters. The van der Waals surface area contributed by atoms with Crippen molar-refractivity contribution in [2.45, 2.75) is 83.6 Å². The van der Waals surface area contributed by atoms with Gasteiger partial charge in [0.25, 0.3) is 0 Å². The highest BCUT2D eigenvalue weighted by molar-refractivity contribution is 6.08. The Hall–Kier alpha value is -0.235. The van der Waals surface area contributed by atoms with E-state index in [9.17, 15) is 5.11 Å². The molecule has 1 nitrogen and oxygen atoms in total. The second kappa shape index (κ2) is 7.56. The highest BCUT2D eigenvalue weighted by Crippen LogP contribution is 2.43. The minimum atomic E-state index is -0.0773. The van der Waals surface area contributed by atoms with Crippen LogP contribution in [0.15, 0.2) is 11.6 Å². The van der Waals surface area contributed by atoms with Crippen molar-refractivity contribution in [3.8, 4) is 0 Å². The quantitative estimate of drug-likeness (QED) is 0.580. The highest BCUT2D eigenvalue weighted by atomic mass is 16.3. The monoisotopic (exact) mass is 300 g/mol. The first-order chi connectivity index (χ1) is 10.7. The van der Waals surface area contributed by atoms with Crippen molar-refractivity contribution in [3.63, 3.8) is 0 Å². The molecular formula is C20H33BO. The lowest BCUT2D eigenvalue weighted by atomic mass is 9.67. The van der Waals surface area contributed by atoms with Crippen LogP contribution in [0.4, 0.5) is 0 Å². The summed E-state index contributed by atoms with van der Waals surface area (Å²) in [6.07, 6.45) is 16.2. The minimum Gasteiger partial charge on any atom is -0.392 e. The first kappa shape index (κ1) is 16.6. The second-order valence-corrected chi connectivity index (χ2v) is 8.42. The molecular weight excluding hydrogens is 267 g/mol. The van der Waals surface area contributed by atoms with Crippen LogP contribution in [0.3, 0.4) is 0 Å². The van der Waals surface area contributed by atoms with Gasteiger partial charge in [0.2, 0.25) is 0 Å². The van der Waals surface area contributed by atoms with E-state index in [1.165, 1.54) is 57.8 Å². The molecule has 3 aliphatic carbocycles. The minimum absolute atomic E-state index is 0.0773. The van der Waals surface area contributed by atoms with Crippen LogP contribution in [0.25, 0.3) is 0 Å². The van der Waals surface area contributed by atoms with Gasteiger partial charge in [-0.1, -0.05) is 37.7 Å². The van der Waals surface area contributed by atoms with Crippen LogP contribution in [0.1, 0.15) is 71.1 Å². The number of rotatable bonds is 3. The molecule has 0 aromatic carbocycles. The fourth-order valence-electron chi connectivity index (χ4n) is 5.32. The van der Waals surface area contributed by atoms with E-state index in [1.807, 2.05) is 0 Å². The zero-order valence-electron chi connectivity index (χ0n) is 14.3. The maximum atomic E-state index is 10.4. The standard InChI is InChI=1S/C20H33BO/c1-14-2-11-19(20(22)12-14)18-9-7-17(8-10-18)16-5-3-15(13-21)4-6-16/h9,14-17,19-20,22H,2-8,10-13H2,1H3. The molecule has 0 spiro atoms. The van der Waals surface area contributed by atoms with E-state index in [1.54, 1.807) is 5.57 Å². The summed E-state index contributed by atoms with van der Waals surface area (Å²) in [5.74, 6) is 3.83. The van der Waals surface area contributed by atoms with Gasteiger partial charge in [-0.2, -0.15) is 0 Å². The van der Waals surface area contributed by atoms with Gasteiger partial charge in [-0.3, -0.25) is 0 Å². The molecule has 0 aromatic heterocycles. The van der Waals surface area contributed by atoms with Crippen LogP contribution >= 0.6 is 0 Å². The summed E-state index contributed by atoms with van der Waals surface area (Å²) in [7, 11) is 5.82. The molecule has 22 heavy (non-hydrogen) atoms. The van der Waals surface area contributed by atoms with Gasteiger partial charge in [-0.25, -0.2) is 0 Å². The lowest BCUT2D eigenvalue weighted by Gasteiger charge is -2.38. The largest absolute Gasteiger partial charge is 0.392 e. The molecule has 3 rings (SSSR count). The fourth-order valence-corrected chi connectivity index (χ4v) is 5.32. The summed E-state index contributed by atoms with van der Waals surface area (Å²) in [6, 6.07) is 0. The van der Waals surface area contributed by atoms with Crippen LogP contribution in [-0.2, 0) is 0 Å². The first-order valence-corrected chi connectivity index (χ1v) is 9.74. The molecule has 4 unspecified atom stereocenters. The maximum Gasteiger partial charge on any atom is 0.0656 e. The molecule has 0 saturated heterocycles. The molecule has 122 valence electrons. The average Bonchev–Trinajstić information content (AvgIpc) is 2.55. The third kappa shape index (κ3) is 3.81. The summed E-state index contributed by atoms with van der Waals surface area (Å²) in [4.78, 5) is 0. The summed E-state index contributed by atoms with van der Waals surface area (Å²) in [6.45, 7) is 2.28. The van der Waals surface area contributed by atoms with Gasteiger partial charge >= 0.3 is 0 Å². The molecule has 0 aliphatic heterocycles. The molecule has 2 saturated carbocycles. The normalized spacial score (nSPS) is 43.6. The van der Waals surface area contributed by atoms with E-state index in [-0.39, 0.29) is 6.10 Å². The van der Waals surface area contributed by atoms with Crippen LogP contribution < -0.4 is 0 Å². The fraction of sp³-hybridized carbons (Fsp3) is 0.900.